The maximum Gasteiger partial charge on any atom is 0.272 e. The van der Waals surface area contributed by atoms with Crippen LogP contribution in [-0.4, -0.2) is 22.7 Å². The summed E-state index contributed by atoms with van der Waals surface area (Å²) in [4.78, 5) is 30.8. The lowest BCUT2D eigenvalue weighted by molar-refractivity contribution is -0.122. The summed E-state index contributed by atoms with van der Waals surface area (Å²) in [6.07, 6.45) is 4.00. The Morgan fingerprint density at radius 2 is 2.12 bits per heavy atom. The maximum atomic E-state index is 13.8. The minimum Gasteiger partial charge on any atom is -0.371 e. The van der Waals surface area contributed by atoms with Crippen molar-refractivity contribution in [2.24, 2.45) is 0 Å². The average molecular weight is 352 g/mol. The predicted molar refractivity (Wildman–Crippen MR) is 95.9 cm³/mol. The molecule has 1 amide bonds. The molecule has 1 aromatic heterocycles. The van der Waals surface area contributed by atoms with E-state index in [9.17, 15) is 14.0 Å². The molecular weight excluding hydrogens is 335 g/mol. The van der Waals surface area contributed by atoms with Crippen LogP contribution in [0.1, 0.15) is 35.2 Å². The van der Waals surface area contributed by atoms with E-state index in [0.29, 0.717) is 41.9 Å². The Hall–Kier alpha value is -3.27. The molecule has 1 aromatic carbocycles. The molecule has 7 heteroatoms. The van der Waals surface area contributed by atoms with Crippen LogP contribution < -0.4 is 10.6 Å². The van der Waals surface area contributed by atoms with Crippen LogP contribution in [-0.2, 0) is 4.79 Å². The van der Waals surface area contributed by atoms with Gasteiger partial charge in [-0.1, -0.05) is 6.57 Å². The Labute approximate surface area is 150 Å². The quantitative estimate of drug-likeness (QED) is 0.633. The van der Waals surface area contributed by atoms with Gasteiger partial charge in [0, 0.05) is 5.69 Å². The summed E-state index contributed by atoms with van der Waals surface area (Å²) in [5, 5.41) is 5.92. The molecule has 0 radical (unpaired) electrons. The van der Waals surface area contributed by atoms with E-state index in [1.165, 1.54) is 18.3 Å². The van der Waals surface area contributed by atoms with Gasteiger partial charge in [0.2, 0.25) is 5.91 Å². The minimum atomic E-state index is -0.832. The summed E-state index contributed by atoms with van der Waals surface area (Å²) >= 11 is 0. The van der Waals surface area contributed by atoms with Crippen molar-refractivity contribution >= 4 is 29.4 Å². The first-order valence-corrected chi connectivity index (χ1v) is 8.16. The number of pyridine rings is 1. The number of carbonyl (C=O) groups excluding carboxylic acids is 2. The lowest BCUT2D eigenvalue weighted by atomic mass is 9.75. The fourth-order valence-electron chi connectivity index (χ4n) is 2.92. The van der Waals surface area contributed by atoms with Crippen LogP contribution in [0, 0.1) is 19.3 Å². The van der Waals surface area contributed by atoms with Gasteiger partial charge >= 0.3 is 0 Å². The van der Waals surface area contributed by atoms with E-state index in [1.54, 1.807) is 19.1 Å². The number of aldehydes is 1. The molecule has 1 heterocycles. The average Bonchev–Trinajstić information content (AvgIpc) is 2.58. The van der Waals surface area contributed by atoms with Crippen molar-refractivity contribution in [3.05, 3.63) is 58.8 Å². The van der Waals surface area contributed by atoms with Gasteiger partial charge < -0.3 is 15.5 Å². The number of rotatable bonds is 5. The van der Waals surface area contributed by atoms with E-state index in [1.807, 2.05) is 0 Å². The fourth-order valence-corrected chi connectivity index (χ4v) is 2.92. The SMILES string of the molecule is [C-]#[N+]c1ncc(NC(=O)C2(Nc3ccc(C=O)c(F)c3)CCC2)cc1C. The third-order valence-electron chi connectivity index (χ3n) is 4.57. The molecule has 0 spiro atoms. The Balaban J connectivity index is 1.78. The standard InChI is InChI=1S/C19H17FN4O2/c1-12-8-15(10-22-17(12)21-2)23-18(26)19(6-3-7-19)24-14-5-4-13(11-25)16(20)9-14/h4-5,8-11,24H,3,6-7H2,1H3,(H,23,26). The van der Waals surface area contributed by atoms with Gasteiger partial charge in [-0.25, -0.2) is 4.39 Å². The van der Waals surface area contributed by atoms with Gasteiger partial charge in [0.1, 0.15) is 17.6 Å². The van der Waals surface area contributed by atoms with E-state index in [0.717, 1.165) is 6.42 Å². The summed E-state index contributed by atoms with van der Waals surface area (Å²) in [6.45, 7) is 8.77. The molecule has 1 saturated carbocycles. The molecule has 1 fully saturated rings. The molecule has 132 valence electrons. The Morgan fingerprint density at radius 3 is 2.65 bits per heavy atom. The smallest absolute Gasteiger partial charge is 0.272 e. The largest absolute Gasteiger partial charge is 0.371 e. The second kappa shape index (κ2) is 6.92. The minimum absolute atomic E-state index is 0.0240. The zero-order valence-electron chi connectivity index (χ0n) is 14.2. The van der Waals surface area contributed by atoms with Gasteiger partial charge in [0.15, 0.2) is 6.29 Å². The first kappa shape index (κ1) is 17.5. The van der Waals surface area contributed by atoms with Gasteiger partial charge in [-0.2, -0.15) is 0 Å². The number of amides is 1. The second-order valence-electron chi connectivity index (χ2n) is 6.35. The number of anilines is 2. The molecular formula is C19H17FN4O2. The third-order valence-corrected chi connectivity index (χ3v) is 4.57. The molecule has 0 saturated heterocycles. The summed E-state index contributed by atoms with van der Waals surface area (Å²) in [6, 6.07) is 5.87. The first-order valence-electron chi connectivity index (χ1n) is 8.16. The van der Waals surface area contributed by atoms with Crippen LogP contribution in [0.4, 0.5) is 21.6 Å². The molecule has 2 aromatic rings. The van der Waals surface area contributed by atoms with Crippen LogP contribution in [0.2, 0.25) is 0 Å². The van der Waals surface area contributed by atoms with E-state index in [-0.39, 0.29) is 11.5 Å². The molecule has 0 aliphatic heterocycles. The lowest BCUT2D eigenvalue weighted by Crippen LogP contribution is -2.54. The fraction of sp³-hybridized carbons (Fsp3) is 0.263. The molecule has 3 rings (SSSR count). The molecule has 6 nitrogen and oxygen atoms in total. The van der Waals surface area contributed by atoms with Crippen molar-refractivity contribution in [3.63, 3.8) is 0 Å². The van der Waals surface area contributed by atoms with Crippen molar-refractivity contribution in [2.45, 2.75) is 31.7 Å². The second-order valence-corrected chi connectivity index (χ2v) is 6.35. The van der Waals surface area contributed by atoms with E-state index < -0.39 is 11.4 Å². The summed E-state index contributed by atoms with van der Waals surface area (Å²) < 4.78 is 13.8. The molecule has 1 aliphatic carbocycles. The molecule has 0 bridgehead atoms. The van der Waals surface area contributed by atoms with Crippen molar-refractivity contribution < 1.29 is 14.0 Å². The number of nitrogens with zero attached hydrogens (tertiary/aromatic N) is 2. The highest BCUT2D eigenvalue weighted by Crippen LogP contribution is 2.37. The van der Waals surface area contributed by atoms with E-state index in [4.69, 9.17) is 6.57 Å². The Bertz CT molecular complexity index is 916. The molecule has 0 atom stereocenters. The van der Waals surface area contributed by atoms with Crippen LogP contribution in [0.5, 0.6) is 0 Å². The molecule has 26 heavy (non-hydrogen) atoms. The number of hydrogen-bond donors (Lipinski definition) is 2. The zero-order chi connectivity index (χ0) is 18.7. The Kier molecular flexibility index (Phi) is 4.67. The maximum absolute atomic E-state index is 13.8. The van der Waals surface area contributed by atoms with Crippen molar-refractivity contribution in [3.8, 4) is 0 Å². The number of carbonyl (C=O) groups is 2. The highest BCUT2D eigenvalue weighted by molar-refractivity contribution is 6.01. The monoisotopic (exact) mass is 352 g/mol. The summed E-state index contributed by atoms with van der Waals surface area (Å²) in [5.74, 6) is -0.569. The van der Waals surface area contributed by atoms with Gasteiger partial charge in [-0.3, -0.25) is 9.59 Å². The number of aromatic nitrogens is 1. The van der Waals surface area contributed by atoms with Gasteiger partial charge in [-0.15, -0.1) is 4.98 Å². The molecule has 2 N–H and O–H groups in total. The van der Waals surface area contributed by atoms with Crippen molar-refractivity contribution in [2.75, 3.05) is 10.6 Å². The highest BCUT2D eigenvalue weighted by atomic mass is 19.1. The normalized spacial score (nSPS) is 14.7. The number of halogens is 1. The van der Waals surface area contributed by atoms with E-state index >= 15 is 0 Å². The number of nitrogens with one attached hydrogen (secondary N) is 2. The topological polar surface area (TPSA) is 75.5 Å². The van der Waals surface area contributed by atoms with Gasteiger partial charge in [0.05, 0.1) is 11.3 Å². The van der Waals surface area contributed by atoms with E-state index in [2.05, 4.69) is 20.5 Å². The number of hydrogen-bond acceptors (Lipinski definition) is 4. The zero-order valence-corrected chi connectivity index (χ0v) is 14.2. The van der Waals surface area contributed by atoms with Crippen LogP contribution in [0.3, 0.4) is 0 Å². The summed E-state index contributed by atoms with van der Waals surface area (Å²) in [7, 11) is 0. The lowest BCUT2D eigenvalue weighted by Gasteiger charge is -2.41. The third kappa shape index (κ3) is 3.26. The van der Waals surface area contributed by atoms with Crippen molar-refractivity contribution in [1.29, 1.82) is 0 Å². The van der Waals surface area contributed by atoms with Crippen LogP contribution in [0.15, 0.2) is 30.5 Å². The first-order chi connectivity index (χ1) is 12.5. The van der Waals surface area contributed by atoms with Crippen LogP contribution >= 0.6 is 0 Å². The number of benzene rings is 1. The van der Waals surface area contributed by atoms with Gasteiger partial charge in [-0.05, 0) is 56.0 Å². The summed E-state index contributed by atoms with van der Waals surface area (Å²) in [5.41, 5.74) is 0.779. The molecule has 1 aliphatic rings. The van der Waals surface area contributed by atoms with Gasteiger partial charge in [0.25, 0.3) is 5.82 Å². The predicted octanol–water partition coefficient (Wildman–Crippen LogP) is 3.87. The van der Waals surface area contributed by atoms with Crippen molar-refractivity contribution in [1.82, 2.24) is 4.98 Å². The Morgan fingerprint density at radius 1 is 1.35 bits per heavy atom. The van der Waals surface area contributed by atoms with Crippen LogP contribution in [0.25, 0.3) is 4.85 Å². The molecule has 0 unspecified atom stereocenters. The number of aryl methyl sites for hydroxylation is 1. The highest BCUT2D eigenvalue weighted by Gasteiger charge is 2.44.